The van der Waals surface area contributed by atoms with Crippen molar-refractivity contribution in [2.45, 2.75) is 6.42 Å². The number of hydrogen-bond acceptors (Lipinski definition) is 2. The molecule has 0 N–H and O–H groups in total. The third-order valence-corrected chi connectivity index (χ3v) is 3.32. The Balaban J connectivity index is 2.11. The Morgan fingerprint density at radius 2 is 2.00 bits per heavy atom. The number of halogens is 1. The molecule has 0 amide bonds. The minimum Gasteiger partial charge on any atom is -0.496 e. The molecular formula is C12H11ClOS. The van der Waals surface area contributed by atoms with E-state index in [4.69, 9.17) is 16.3 Å². The van der Waals surface area contributed by atoms with Crippen molar-refractivity contribution in [3.8, 4) is 5.75 Å². The molecule has 1 aromatic heterocycles. The molecule has 0 saturated carbocycles. The summed E-state index contributed by atoms with van der Waals surface area (Å²) in [6.07, 6.45) is 0.936. The van der Waals surface area contributed by atoms with Crippen molar-refractivity contribution in [2.75, 3.05) is 7.11 Å². The van der Waals surface area contributed by atoms with Gasteiger partial charge < -0.3 is 4.74 Å². The molecule has 0 aliphatic heterocycles. The SMILES string of the molecule is COc1csc(Cc2ccc(Cl)cc2)c1. The van der Waals surface area contributed by atoms with Gasteiger partial charge in [-0.25, -0.2) is 0 Å². The summed E-state index contributed by atoms with van der Waals surface area (Å²) in [6, 6.07) is 10.0. The lowest BCUT2D eigenvalue weighted by molar-refractivity contribution is 0.416. The lowest BCUT2D eigenvalue weighted by Gasteiger charge is -1.98. The highest BCUT2D eigenvalue weighted by molar-refractivity contribution is 7.10. The van der Waals surface area contributed by atoms with E-state index in [0.717, 1.165) is 17.2 Å². The Morgan fingerprint density at radius 3 is 2.60 bits per heavy atom. The van der Waals surface area contributed by atoms with Gasteiger partial charge in [-0.05, 0) is 23.8 Å². The first-order valence-electron chi connectivity index (χ1n) is 4.64. The Labute approximate surface area is 98.3 Å². The second kappa shape index (κ2) is 4.69. The largest absolute Gasteiger partial charge is 0.496 e. The number of hydrogen-bond donors (Lipinski definition) is 0. The fourth-order valence-electron chi connectivity index (χ4n) is 1.36. The molecule has 78 valence electrons. The quantitative estimate of drug-likeness (QED) is 0.786. The summed E-state index contributed by atoms with van der Waals surface area (Å²) in [7, 11) is 1.69. The molecule has 1 heterocycles. The van der Waals surface area contributed by atoms with Crippen molar-refractivity contribution in [2.24, 2.45) is 0 Å². The third kappa shape index (κ3) is 2.74. The Morgan fingerprint density at radius 1 is 1.27 bits per heavy atom. The van der Waals surface area contributed by atoms with Crippen molar-refractivity contribution < 1.29 is 4.74 Å². The molecule has 0 atom stereocenters. The number of thiophene rings is 1. The van der Waals surface area contributed by atoms with E-state index in [1.807, 2.05) is 17.5 Å². The van der Waals surface area contributed by atoms with E-state index in [0.29, 0.717) is 0 Å². The van der Waals surface area contributed by atoms with Gasteiger partial charge in [0.25, 0.3) is 0 Å². The molecule has 0 bridgehead atoms. The second-order valence-electron chi connectivity index (χ2n) is 3.26. The zero-order valence-corrected chi connectivity index (χ0v) is 9.94. The Hall–Kier alpha value is -0.990. The van der Waals surface area contributed by atoms with Gasteiger partial charge in [-0.1, -0.05) is 23.7 Å². The van der Waals surface area contributed by atoms with E-state index >= 15 is 0 Å². The van der Waals surface area contributed by atoms with Crippen LogP contribution < -0.4 is 4.74 Å². The smallest absolute Gasteiger partial charge is 0.129 e. The molecular weight excluding hydrogens is 228 g/mol. The maximum absolute atomic E-state index is 5.82. The normalized spacial score (nSPS) is 10.3. The first-order valence-corrected chi connectivity index (χ1v) is 5.89. The van der Waals surface area contributed by atoms with Gasteiger partial charge in [0.15, 0.2) is 0 Å². The van der Waals surface area contributed by atoms with Crippen LogP contribution in [0.25, 0.3) is 0 Å². The lowest BCUT2D eigenvalue weighted by Crippen LogP contribution is -1.83. The van der Waals surface area contributed by atoms with E-state index in [-0.39, 0.29) is 0 Å². The van der Waals surface area contributed by atoms with Crippen LogP contribution in [0.2, 0.25) is 5.02 Å². The molecule has 3 heteroatoms. The van der Waals surface area contributed by atoms with Crippen LogP contribution in [0.15, 0.2) is 35.7 Å². The summed E-state index contributed by atoms with van der Waals surface area (Å²) < 4.78 is 5.14. The van der Waals surface area contributed by atoms with E-state index in [1.165, 1.54) is 10.4 Å². The van der Waals surface area contributed by atoms with Crippen molar-refractivity contribution in [1.29, 1.82) is 0 Å². The van der Waals surface area contributed by atoms with Crippen LogP contribution in [0.5, 0.6) is 5.75 Å². The highest BCUT2D eigenvalue weighted by atomic mass is 35.5. The van der Waals surface area contributed by atoms with Gasteiger partial charge in [0.2, 0.25) is 0 Å². The monoisotopic (exact) mass is 238 g/mol. The minimum absolute atomic E-state index is 0.780. The first-order chi connectivity index (χ1) is 7.28. The van der Waals surface area contributed by atoms with E-state index in [1.54, 1.807) is 18.4 Å². The summed E-state index contributed by atoms with van der Waals surface area (Å²) in [5, 5.41) is 2.80. The van der Waals surface area contributed by atoms with Gasteiger partial charge in [0.05, 0.1) is 7.11 Å². The van der Waals surface area contributed by atoms with Crippen LogP contribution in [0.3, 0.4) is 0 Å². The molecule has 0 fully saturated rings. The molecule has 0 saturated heterocycles. The standard InChI is InChI=1S/C12H11ClOS/c1-14-11-7-12(15-8-11)6-9-2-4-10(13)5-3-9/h2-5,7-8H,6H2,1H3. The molecule has 0 radical (unpaired) electrons. The number of rotatable bonds is 3. The summed E-state index contributed by atoms with van der Waals surface area (Å²) in [5.74, 6) is 0.934. The second-order valence-corrected chi connectivity index (χ2v) is 4.69. The minimum atomic E-state index is 0.780. The number of benzene rings is 1. The molecule has 1 nitrogen and oxygen atoms in total. The van der Waals surface area contributed by atoms with Gasteiger partial charge in [0.1, 0.15) is 5.75 Å². The molecule has 2 aromatic rings. The van der Waals surface area contributed by atoms with Crippen LogP contribution in [-0.2, 0) is 6.42 Å². The van der Waals surface area contributed by atoms with Crippen LogP contribution in [-0.4, -0.2) is 7.11 Å². The number of ether oxygens (including phenoxy) is 1. The molecule has 1 aromatic carbocycles. The highest BCUT2D eigenvalue weighted by Gasteiger charge is 2.01. The fourth-order valence-corrected chi connectivity index (χ4v) is 2.36. The Kier molecular flexibility index (Phi) is 3.29. The van der Waals surface area contributed by atoms with E-state index in [2.05, 4.69) is 18.2 Å². The van der Waals surface area contributed by atoms with E-state index in [9.17, 15) is 0 Å². The summed E-state index contributed by atoms with van der Waals surface area (Å²) in [6.45, 7) is 0. The van der Waals surface area contributed by atoms with Crippen molar-refractivity contribution in [3.05, 3.63) is 51.2 Å². The molecule has 15 heavy (non-hydrogen) atoms. The van der Waals surface area contributed by atoms with Crippen LogP contribution >= 0.6 is 22.9 Å². The molecule has 2 rings (SSSR count). The number of methoxy groups -OCH3 is 1. The van der Waals surface area contributed by atoms with Crippen molar-refractivity contribution in [3.63, 3.8) is 0 Å². The summed E-state index contributed by atoms with van der Waals surface area (Å²) in [5.41, 5.74) is 1.27. The average molecular weight is 239 g/mol. The van der Waals surface area contributed by atoms with Gasteiger partial charge >= 0.3 is 0 Å². The zero-order valence-electron chi connectivity index (χ0n) is 8.37. The van der Waals surface area contributed by atoms with Crippen LogP contribution in [0.1, 0.15) is 10.4 Å². The maximum atomic E-state index is 5.82. The predicted molar refractivity (Wildman–Crippen MR) is 65.1 cm³/mol. The molecule has 0 spiro atoms. The maximum Gasteiger partial charge on any atom is 0.129 e. The van der Waals surface area contributed by atoms with E-state index < -0.39 is 0 Å². The Bertz CT molecular complexity index is 433. The highest BCUT2D eigenvalue weighted by Crippen LogP contribution is 2.24. The van der Waals surface area contributed by atoms with Crippen molar-refractivity contribution >= 4 is 22.9 Å². The van der Waals surface area contributed by atoms with Crippen LogP contribution in [0, 0.1) is 0 Å². The van der Waals surface area contributed by atoms with Gasteiger partial charge in [0, 0.05) is 21.7 Å². The van der Waals surface area contributed by atoms with Crippen molar-refractivity contribution in [1.82, 2.24) is 0 Å². The summed E-state index contributed by atoms with van der Waals surface area (Å²) in [4.78, 5) is 1.30. The third-order valence-electron chi connectivity index (χ3n) is 2.16. The van der Waals surface area contributed by atoms with Gasteiger partial charge in [-0.15, -0.1) is 11.3 Å². The zero-order chi connectivity index (χ0) is 10.7. The average Bonchev–Trinajstić information content (AvgIpc) is 2.69. The molecule has 0 aliphatic rings. The summed E-state index contributed by atoms with van der Waals surface area (Å²) >= 11 is 7.54. The van der Waals surface area contributed by atoms with Crippen LogP contribution in [0.4, 0.5) is 0 Å². The topological polar surface area (TPSA) is 9.23 Å². The predicted octanol–water partition coefficient (Wildman–Crippen LogP) is 4.00. The van der Waals surface area contributed by atoms with Gasteiger partial charge in [-0.3, -0.25) is 0 Å². The first kappa shape index (κ1) is 10.5. The lowest BCUT2D eigenvalue weighted by atomic mass is 10.1. The fraction of sp³-hybridized carbons (Fsp3) is 0.167. The molecule has 0 aliphatic carbocycles. The van der Waals surface area contributed by atoms with Gasteiger partial charge in [-0.2, -0.15) is 0 Å². The molecule has 0 unspecified atom stereocenters.